The molecule has 0 bridgehead atoms. The Bertz CT molecular complexity index is 558. The van der Waals surface area contributed by atoms with Crippen molar-refractivity contribution in [3.8, 4) is 0 Å². The van der Waals surface area contributed by atoms with Gasteiger partial charge in [-0.15, -0.1) is 22.7 Å². The molecule has 3 nitrogen and oxygen atoms in total. The highest BCUT2D eigenvalue weighted by atomic mass is 32.1. The normalized spacial score (nSPS) is 13.2. The monoisotopic (exact) mass is 321 g/mol. The fourth-order valence-corrected chi connectivity index (χ4v) is 3.79. The fraction of sp³-hybridized carbons (Fsp3) is 0.438. The molecule has 0 spiro atoms. The van der Waals surface area contributed by atoms with Crippen molar-refractivity contribution in [2.75, 3.05) is 13.6 Å². The molecule has 0 radical (unpaired) electrons. The van der Waals surface area contributed by atoms with E-state index >= 15 is 0 Å². The van der Waals surface area contributed by atoms with Gasteiger partial charge in [-0.05, 0) is 42.8 Å². The van der Waals surface area contributed by atoms with Crippen LogP contribution in [0.4, 0.5) is 0 Å². The fourth-order valence-electron chi connectivity index (χ4n) is 2.09. The maximum atomic E-state index is 4.28. The molecule has 5 heteroatoms. The van der Waals surface area contributed by atoms with Gasteiger partial charge in [0.25, 0.3) is 0 Å². The quantitative estimate of drug-likeness (QED) is 0.629. The molecule has 0 aliphatic rings. The van der Waals surface area contributed by atoms with Crippen molar-refractivity contribution in [3.63, 3.8) is 0 Å². The van der Waals surface area contributed by atoms with E-state index in [1.54, 1.807) is 0 Å². The van der Waals surface area contributed by atoms with Crippen molar-refractivity contribution < 1.29 is 0 Å². The third-order valence-electron chi connectivity index (χ3n) is 3.20. The number of aryl methyl sites for hydroxylation is 1. The maximum Gasteiger partial charge on any atom is 0.191 e. The van der Waals surface area contributed by atoms with Gasteiger partial charge in [-0.1, -0.05) is 13.0 Å². The Balaban J connectivity index is 1.72. The van der Waals surface area contributed by atoms with Gasteiger partial charge in [0.1, 0.15) is 0 Å². The van der Waals surface area contributed by atoms with Gasteiger partial charge in [-0.3, -0.25) is 4.99 Å². The summed E-state index contributed by atoms with van der Waals surface area (Å²) in [7, 11) is 1.82. The Morgan fingerprint density at radius 2 is 2.10 bits per heavy atom. The van der Waals surface area contributed by atoms with E-state index in [0.29, 0.717) is 5.92 Å². The van der Waals surface area contributed by atoms with Crippen LogP contribution in [0.15, 0.2) is 34.6 Å². The minimum Gasteiger partial charge on any atom is -0.356 e. The molecular formula is C16H23N3S2. The van der Waals surface area contributed by atoms with Crippen molar-refractivity contribution in [1.82, 2.24) is 10.6 Å². The van der Waals surface area contributed by atoms with E-state index in [0.717, 1.165) is 25.5 Å². The van der Waals surface area contributed by atoms with Crippen LogP contribution in [-0.4, -0.2) is 19.6 Å². The van der Waals surface area contributed by atoms with Crippen LogP contribution in [0.3, 0.4) is 0 Å². The summed E-state index contributed by atoms with van der Waals surface area (Å²) >= 11 is 3.65. The van der Waals surface area contributed by atoms with Gasteiger partial charge < -0.3 is 10.6 Å². The summed E-state index contributed by atoms with van der Waals surface area (Å²) in [6.45, 7) is 6.16. The topological polar surface area (TPSA) is 36.4 Å². The maximum absolute atomic E-state index is 4.28. The number of aliphatic imine (C=N–C) groups is 1. The molecular weight excluding hydrogens is 298 g/mol. The van der Waals surface area contributed by atoms with E-state index in [4.69, 9.17) is 0 Å². The second-order valence-corrected chi connectivity index (χ2v) is 7.61. The van der Waals surface area contributed by atoms with Crippen molar-refractivity contribution >= 4 is 28.6 Å². The van der Waals surface area contributed by atoms with Crippen LogP contribution in [0.2, 0.25) is 0 Å². The average molecular weight is 322 g/mol. The van der Waals surface area contributed by atoms with E-state index in [9.17, 15) is 0 Å². The molecule has 0 saturated heterocycles. The highest BCUT2D eigenvalue weighted by Crippen LogP contribution is 2.15. The largest absolute Gasteiger partial charge is 0.356 e. The summed E-state index contributed by atoms with van der Waals surface area (Å²) in [6, 6.07) is 8.64. The van der Waals surface area contributed by atoms with Gasteiger partial charge in [-0.25, -0.2) is 0 Å². The van der Waals surface area contributed by atoms with E-state index < -0.39 is 0 Å². The standard InChI is InChI=1S/C16H23N3S2/c1-12(9-14-5-4-8-20-14)10-18-16(17-3)19-11-15-7-6-13(2)21-15/h4-8,12H,9-11H2,1-3H3,(H2,17,18,19). The zero-order valence-electron chi connectivity index (χ0n) is 12.8. The van der Waals surface area contributed by atoms with Gasteiger partial charge in [-0.2, -0.15) is 0 Å². The average Bonchev–Trinajstić information content (AvgIpc) is 3.11. The molecule has 21 heavy (non-hydrogen) atoms. The van der Waals surface area contributed by atoms with Crippen LogP contribution in [0.25, 0.3) is 0 Å². The number of thiophene rings is 2. The summed E-state index contributed by atoms with van der Waals surface area (Å²) in [6.07, 6.45) is 1.12. The second-order valence-electron chi connectivity index (χ2n) is 5.21. The Labute approximate surface area is 135 Å². The van der Waals surface area contributed by atoms with E-state index in [1.165, 1.54) is 14.6 Å². The Kier molecular flexibility index (Phi) is 6.26. The van der Waals surface area contributed by atoms with Crippen LogP contribution >= 0.6 is 22.7 Å². The number of hydrogen-bond acceptors (Lipinski definition) is 3. The van der Waals surface area contributed by atoms with Gasteiger partial charge in [0.15, 0.2) is 5.96 Å². The predicted molar refractivity (Wildman–Crippen MR) is 94.4 cm³/mol. The SMILES string of the molecule is CN=C(NCc1ccc(C)s1)NCC(C)Cc1cccs1. The molecule has 114 valence electrons. The molecule has 1 unspecified atom stereocenters. The molecule has 0 aromatic carbocycles. The Morgan fingerprint density at radius 1 is 1.24 bits per heavy atom. The van der Waals surface area contributed by atoms with Gasteiger partial charge >= 0.3 is 0 Å². The molecule has 0 aliphatic heterocycles. The molecule has 2 aromatic heterocycles. The lowest BCUT2D eigenvalue weighted by molar-refractivity contribution is 0.562. The van der Waals surface area contributed by atoms with E-state index in [1.807, 2.05) is 29.7 Å². The lowest BCUT2D eigenvalue weighted by atomic mass is 10.1. The van der Waals surface area contributed by atoms with E-state index in [-0.39, 0.29) is 0 Å². The number of rotatable bonds is 6. The number of guanidine groups is 1. The molecule has 0 amide bonds. The van der Waals surface area contributed by atoms with Gasteiger partial charge in [0.05, 0.1) is 6.54 Å². The molecule has 1 atom stereocenters. The zero-order valence-corrected chi connectivity index (χ0v) is 14.5. The summed E-state index contributed by atoms with van der Waals surface area (Å²) in [5.74, 6) is 1.46. The Morgan fingerprint density at radius 3 is 2.71 bits per heavy atom. The summed E-state index contributed by atoms with van der Waals surface area (Å²) in [5, 5.41) is 8.91. The lowest BCUT2D eigenvalue weighted by Gasteiger charge is -2.15. The van der Waals surface area contributed by atoms with Crippen molar-refractivity contribution in [3.05, 3.63) is 44.3 Å². The minimum absolute atomic E-state index is 0.589. The lowest BCUT2D eigenvalue weighted by Crippen LogP contribution is -2.39. The summed E-state index contributed by atoms with van der Waals surface area (Å²) in [5.41, 5.74) is 0. The highest BCUT2D eigenvalue weighted by molar-refractivity contribution is 7.11. The van der Waals surface area contributed by atoms with Crippen LogP contribution < -0.4 is 10.6 Å². The summed E-state index contributed by atoms with van der Waals surface area (Å²) in [4.78, 5) is 8.41. The molecule has 2 rings (SSSR count). The van der Waals surface area contributed by atoms with Crippen LogP contribution in [0.5, 0.6) is 0 Å². The molecule has 0 saturated carbocycles. The molecule has 2 aromatic rings. The van der Waals surface area contributed by atoms with Crippen LogP contribution in [0.1, 0.15) is 21.6 Å². The van der Waals surface area contributed by atoms with Crippen LogP contribution in [-0.2, 0) is 13.0 Å². The number of hydrogen-bond donors (Lipinski definition) is 2. The first-order valence-corrected chi connectivity index (χ1v) is 8.89. The van der Waals surface area contributed by atoms with E-state index in [2.05, 4.69) is 59.1 Å². The van der Waals surface area contributed by atoms with Gasteiger partial charge in [0.2, 0.25) is 0 Å². The minimum atomic E-state index is 0.589. The zero-order chi connectivity index (χ0) is 15.1. The predicted octanol–water partition coefficient (Wildman–Crippen LogP) is 3.66. The first-order chi connectivity index (χ1) is 10.2. The number of nitrogens with zero attached hydrogens (tertiary/aromatic N) is 1. The van der Waals surface area contributed by atoms with Crippen molar-refractivity contribution in [2.45, 2.75) is 26.8 Å². The second kappa shape index (κ2) is 8.20. The smallest absolute Gasteiger partial charge is 0.191 e. The Hall–Kier alpha value is -1.33. The van der Waals surface area contributed by atoms with Crippen molar-refractivity contribution in [2.24, 2.45) is 10.9 Å². The molecule has 2 N–H and O–H groups in total. The van der Waals surface area contributed by atoms with Crippen molar-refractivity contribution in [1.29, 1.82) is 0 Å². The number of nitrogens with one attached hydrogen (secondary N) is 2. The summed E-state index contributed by atoms with van der Waals surface area (Å²) < 4.78 is 0. The molecule has 2 heterocycles. The third kappa shape index (κ3) is 5.52. The third-order valence-corrected chi connectivity index (χ3v) is 5.10. The molecule has 0 fully saturated rings. The van der Waals surface area contributed by atoms with Crippen LogP contribution in [0, 0.1) is 12.8 Å². The van der Waals surface area contributed by atoms with Gasteiger partial charge in [0, 0.05) is 28.2 Å². The highest BCUT2D eigenvalue weighted by Gasteiger charge is 2.06. The first kappa shape index (κ1) is 16.0. The molecule has 0 aliphatic carbocycles. The first-order valence-electron chi connectivity index (χ1n) is 7.19.